The van der Waals surface area contributed by atoms with Crippen LogP contribution in [0.3, 0.4) is 0 Å². The number of nitrogens with zero attached hydrogens (tertiary/aromatic N) is 2. The standard InChI is InChI=1S/C19H20N4O5/c1-3-4-12-7-15(28-22-12)19(17(25)20-18(26)21-19)10-23-9-11-5-6-13(27-2)8-14(11)16(23)24/h5-8H,3-4,9-10H2,1-2H3,(H2,20,21,25,26)/t19-/m0/s1. The molecule has 0 saturated carbocycles. The number of nitrogens with one attached hydrogen (secondary N) is 2. The van der Waals surface area contributed by atoms with Crippen LogP contribution < -0.4 is 15.4 Å². The van der Waals surface area contributed by atoms with Crippen molar-refractivity contribution in [1.29, 1.82) is 0 Å². The molecule has 1 fully saturated rings. The van der Waals surface area contributed by atoms with Crippen LogP contribution in [0.1, 0.15) is 40.7 Å². The molecule has 2 aromatic rings. The van der Waals surface area contributed by atoms with Gasteiger partial charge in [0.05, 0.1) is 19.3 Å². The molecule has 3 heterocycles. The van der Waals surface area contributed by atoms with Crippen molar-refractivity contribution in [3.63, 3.8) is 0 Å². The number of urea groups is 1. The fourth-order valence-electron chi connectivity index (χ4n) is 3.62. The van der Waals surface area contributed by atoms with Gasteiger partial charge < -0.3 is 19.5 Å². The Hall–Kier alpha value is -3.36. The number of ether oxygens (including phenoxy) is 1. The summed E-state index contributed by atoms with van der Waals surface area (Å²) in [5.41, 5.74) is 0.516. The van der Waals surface area contributed by atoms with E-state index in [9.17, 15) is 14.4 Å². The van der Waals surface area contributed by atoms with Gasteiger partial charge in [0.1, 0.15) is 5.75 Å². The van der Waals surface area contributed by atoms with E-state index in [1.54, 1.807) is 18.2 Å². The summed E-state index contributed by atoms with van der Waals surface area (Å²) < 4.78 is 10.6. The third kappa shape index (κ3) is 2.79. The Morgan fingerprint density at radius 1 is 1.29 bits per heavy atom. The van der Waals surface area contributed by atoms with Crippen molar-refractivity contribution in [3.8, 4) is 5.75 Å². The van der Waals surface area contributed by atoms with Gasteiger partial charge in [-0.05, 0) is 24.1 Å². The lowest BCUT2D eigenvalue weighted by Crippen LogP contribution is -2.52. The van der Waals surface area contributed by atoms with Crippen LogP contribution in [0.25, 0.3) is 0 Å². The van der Waals surface area contributed by atoms with E-state index in [-0.39, 0.29) is 18.2 Å². The van der Waals surface area contributed by atoms with Crippen LogP contribution in [-0.4, -0.2) is 41.6 Å². The van der Waals surface area contributed by atoms with Gasteiger partial charge in [-0.1, -0.05) is 24.6 Å². The SMILES string of the molecule is CCCc1cc([C@]2(CN3Cc4ccc(OC)cc4C3=O)NC(=O)NC2=O)on1. The summed E-state index contributed by atoms with van der Waals surface area (Å²) in [5.74, 6) is -0.0239. The smallest absolute Gasteiger partial charge is 0.322 e. The lowest BCUT2D eigenvalue weighted by Gasteiger charge is -2.28. The molecule has 1 atom stereocenters. The average Bonchev–Trinajstić information content (AvgIpc) is 3.34. The second kappa shape index (κ2) is 6.66. The van der Waals surface area contributed by atoms with Crippen molar-refractivity contribution in [3.05, 3.63) is 46.8 Å². The molecule has 1 aromatic heterocycles. The van der Waals surface area contributed by atoms with Crippen LogP contribution >= 0.6 is 0 Å². The minimum Gasteiger partial charge on any atom is -0.497 e. The monoisotopic (exact) mass is 384 g/mol. The maximum Gasteiger partial charge on any atom is 0.322 e. The molecular formula is C19H20N4O5. The van der Waals surface area contributed by atoms with Gasteiger partial charge in [-0.3, -0.25) is 14.9 Å². The van der Waals surface area contributed by atoms with Crippen molar-refractivity contribution in [2.75, 3.05) is 13.7 Å². The zero-order valence-corrected chi connectivity index (χ0v) is 15.6. The van der Waals surface area contributed by atoms with Crippen LogP contribution in [0.5, 0.6) is 5.75 Å². The molecule has 9 heteroatoms. The number of rotatable bonds is 6. The number of hydrogen-bond donors (Lipinski definition) is 2. The van der Waals surface area contributed by atoms with E-state index in [1.165, 1.54) is 12.0 Å². The second-order valence-corrected chi connectivity index (χ2v) is 6.93. The van der Waals surface area contributed by atoms with Crippen LogP contribution in [0, 0.1) is 0 Å². The molecule has 2 aliphatic rings. The molecule has 4 rings (SSSR count). The fraction of sp³-hybridized carbons (Fsp3) is 0.368. The lowest BCUT2D eigenvalue weighted by atomic mass is 9.95. The Kier molecular flexibility index (Phi) is 4.29. The molecule has 0 spiro atoms. The topological polar surface area (TPSA) is 114 Å². The fourth-order valence-corrected chi connectivity index (χ4v) is 3.62. The van der Waals surface area contributed by atoms with Crippen molar-refractivity contribution in [1.82, 2.24) is 20.7 Å². The third-order valence-corrected chi connectivity index (χ3v) is 5.05. The molecular weight excluding hydrogens is 364 g/mol. The maximum absolute atomic E-state index is 12.9. The van der Waals surface area contributed by atoms with Crippen molar-refractivity contribution < 1.29 is 23.6 Å². The zero-order chi connectivity index (χ0) is 19.9. The predicted octanol–water partition coefficient (Wildman–Crippen LogP) is 1.33. The van der Waals surface area contributed by atoms with E-state index in [2.05, 4.69) is 15.8 Å². The Balaban J connectivity index is 1.66. The highest BCUT2D eigenvalue weighted by molar-refractivity contribution is 6.08. The molecule has 0 unspecified atom stereocenters. The number of imide groups is 1. The van der Waals surface area contributed by atoms with E-state index >= 15 is 0 Å². The van der Waals surface area contributed by atoms with Gasteiger partial charge >= 0.3 is 6.03 Å². The molecule has 4 amide bonds. The molecule has 2 N–H and O–H groups in total. The van der Waals surface area contributed by atoms with Crippen LogP contribution in [0.2, 0.25) is 0 Å². The van der Waals surface area contributed by atoms with Gasteiger partial charge in [-0.25, -0.2) is 4.79 Å². The minimum absolute atomic E-state index is 0.0683. The van der Waals surface area contributed by atoms with Crippen LogP contribution in [0.4, 0.5) is 4.79 Å². The van der Waals surface area contributed by atoms with Crippen LogP contribution in [0.15, 0.2) is 28.8 Å². The number of carbonyl (C=O) groups is 3. The third-order valence-electron chi connectivity index (χ3n) is 5.05. The summed E-state index contributed by atoms with van der Waals surface area (Å²) in [7, 11) is 1.53. The highest BCUT2D eigenvalue weighted by Crippen LogP contribution is 2.32. The second-order valence-electron chi connectivity index (χ2n) is 6.93. The first kappa shape index (κ1) is 18.0. The largest absolute Gasteiger partial charge is 0.497 e. The average molecular weight is 384 g/mol. The molecule has 28 heavy (non-hydrogen) atoms. The number of carbonyl (C=O) groups excluding carboxylic acids is 3. The first-order valence-corrected chi connectivity index (χ1v) is 9.02. The van der Waals surface area contributed by atoms with E-state index < -0.39 is 17.5 Å². The summed E-state index contributed by atoms with van der Waals surface area (Å²) in [5, 5.41) is 8.86. The van der Waals surface area contributed by atoms with E-state index in [1.807, 2.05) is 13.0 Å². The number of aryl methyl sites for hydroxylation is 1. The van der Waals surface area contributed by atoms with Gasteiger partial charge in [0.2, 0.25) is 0 Å². The normalized spacial score (nSPS) is 20.9. The van der Waals surface area contributed by atoms with Crippen molar-refractivity contribution >= 4 is 17.8 Å². The highest BCUT2D eigenvalue weighted by atomic mass is 16.5. The number of aromatic nitrogens is 1. The van der Waals surface area contributed by atoms with Gasteiger partial charge in [0, 0.05) is 18.2 Å². The predicted molar refractivity (Wildman–Crippen MR) is 96.6 cm³/mol. The highest BCUT2D eigenvalue weighted by Gasteiger charge is 2.53. The zero-order valence-electron chi connectivity index (χ0n) is 15.6. The van der Waals surface area contributed by atoms with Crippen molar-refractivity contribution in [2.45, 2.75) is 31.8 Å². The van der Waals surface area contributed by atoms with Crippen molar-refractivity contribution in [2.24, 2.45) is 0 Å². The lowest BCUT2D eigenvalue weighted by molar-refractivity contribution is -0.125. The summed E-state index contributed by atoms with van der Waals surface area (Å²) in [6.07, 6.45) is 1.54. The first-order valence-electron chi connectivity index (χ1n) is 9.02. The number of methoxy groups -OCH3 is 1. The van der Waals surface area contributed by atoms with Gasteiger partial charge in [0.25, 0.3) is 11.8 Å². The molecule has 9 nitrogen and oxygen atoms in total. The first-order chi connectivity index (χ1) is 13.5. The maximum atomic E-state index is 12.9. The summed E-state index contributed by atoms with van der Waals surface area (Å²) >= 11 is 0. The molecule has 0 aliphatic carbocycles. The molecule has 0 radical (unpaired) electrons. The van der Waals surface area contributed by atoms with Gasteiger partial charge in [0.15, 0.2) is 11.3 Å². The van der Waals surface area contributed by atoms with E-state index in [0.29, 0.717) is 30.0 Å². The van der Waals surface area contributed by atoms with E-state index in [4.69, 9.17) is 9.26 Å². The summed E-state index contributed by atoms with van der Waals surface area (Å²) in [6, 6.07) is 6.30. The number of amides is 4. The van der Waals surface area contributed by atoms with E-state index in [0.717, 1.165) is 12.0 Å². The quantitative estimate of drug-likeness (QED) is 0.727. The number of hydrogen-bond acceptors (Lipinski definition) is 6. The molecule has 1 saturated heterocycles. The Bertz CT molecular complexity index is 969. The molecule has 2 aliphatic heterocycles. The van der Waals surface area contributed by atoms with Crippen LogP contribution in [-0.2, 0) is 23.3 Å². The summed E-state index contributed by atoms with van der Waals surface area (Å²) in [6.45, 7) is 2.25. The number of benzene rings is 1. The Morgan fingerprint density at radius 2 is 2.11 bits per heavy atom. The minimum atomic E-state index is -1.52. The van der Waals surface area contributed by atoms with Gasteiger partial charge in [-0.15, -0.1) is 0 Å². The number of fused-ring (bicyclic) bond motifs is 1. The Labute approximate surface area is 161 Å². The molecule has 146 valence electrons. The molecule has 0 bridgehead atoms. The Morgan fingerprint density at radius 3 is 2.79 bits per heavy atom. The van der Waals surface area contributed by atoms with Gasteiger partial charge in [-0.2, -0.15) is 0 Å². The summed E-state index contributed by atoms with van der Waals surface area (Å²) in [4.78, 5) is 39.0. The molecule has 1 aromatic carbocycles.